The van der Waals surface area contributed by atoms with Crippen LogP contribution in [0.2, 0.25) is 0 Å². The van der Waals surface area contributed by atoms with Gasteiger partial charge in [-0.25, -0.2) is 0 Å². The average Bonchev–Trinajstić information content (AvgIpc) is 3.07. The van der Waals surface area contributed by atoms with E-state index in [4.69, 9.17) is 9.47 Å². The predicted molar refractivity (Wildman–Crippen MR) is 95.5 cm³/mol. The predicted octanol–water partition coefficient (Wildman–Crippen LogP) is 3.88. The SMILES string of the molecule is CCCCCc1c(Oc2ccccc2OC)nc2n(c1=O)CCS2. The minimum Gasteiger partial charge on any atom is -0.493 e. The molecular weight excluding hydrogens is 324 g/mol. The molecule has 0 atom stereocenters. The molecule has 0 N–H and O–H groups in total. The zero-order chi connectivity index (χ0) is 16.9. The monoisotopic (exact) mass is 346 g/mol. The normalized spacial score (nSPS) is 12.9. The van der Waals surface area contributed by atoms with Gasteiger partial charge in [-0.05, 0) is 25.0 Å². The molecule has 0 saturated carbocycles. The highest BCUT2D eigenvalue weighted by molar-refractivity contribution is 7.99. The second-order valence-electron chi connectivity index (χ2n) is 5.69. The number of ether oxygens (including phenoxy) is 2. The summed E-state index contributed by atoms with van der Waals surface area (Å²) >= 11 is 1.59. The average molecular weight is 346 g/mol. The number of nitrogens with zero attached hydrogens (tertiary/aromatic N) is 2. The highest BCUT2D eigenvalue weighted by atomic mass is 32.2. The van der Waals surface area contributed by atoms with E-state index in [1.807, 2.05) is 24.3 Å². The first-order valence-corrected chi connectivity index (χ1v) is 9.30. The van der Waals surface area contributed by atoms with Gasteiger partial charge in [0, 0.05) is 12.3 Å². The molecule has 0 spiro atoms. The van der Waals surface area contributed by atoms with Crippen molar-refractivity contribution in [3.8, 4) is 17.4 Å². The van der Waals surface area contributed by atoms with Gasteiger partial charge in [0.15, 0.2) is 16.7 Å². The lowest BCUT2D eigenvalue weighted by Crippen LogP contribution is -2.25. The number of rotatable bonds is 7. The van der Waals surface area contributed by atoms with E-state index >= 15 is 0 Å². The molecular formula is C18H22N2O3S. The van der Waals surface area contributed by atoms with Gasteiger partial charge in [0.2, 0.25) is 5.88 Å². The zero-order valence-electron chi connectivity index (χ0n) is 14.1. The molecule has 1 aromatic carbocycles. The molecule has 1 aliphatic rings. The van der Waals surface area contributed by atoms with E-state index < -0.39 is 0 Å². The summed E-state index contributed by atoms with van der Waals surface area (Å²) in [5, 5.41) is 0.740. The van der Waals surface area contributed by atoms with Crippen LogP contribution in [0.25, 0.3) is 0 Å². The van der Waals surface area contributed by atoms with E-state index in [-0.39, 0.29) is 5.56 Å². The van der Waals surface area contributed by atoms with Gasteiger partial charge < -0.3 is 9.47 Å². The molecule has 0 amide bonds. The van der Waals surface area contributed by atoms with Crippen LogP contribution in [0.1, 0.15) is 31.7 Å². The van der Waals surface area contributed by atoms with E-state index in [9.17, 15) is 4.79 Å². The Balaban J connectivity index is 1.99. The van der Waals surface area contributed by atoms with Crippen molar-refractivity contribution in [2.24, 2.45) is 0 Å². The van der Waals surface area contributed by atoms with Crippen molar-refractivity contribution in [1.29, 1.82) is 0 Å². The van der Waals surface area contributed by atoms with Crippen molar-refractivity contribution in [3.63, 3.8) is 0 Å². The van der Waals surface area contributed by atoms with Crippen LogP contribution in [0.5, 0.6) is 17.4 Å². The molecule has 2 aromatic rings. The maximum Gasteiger partial charge on any atom is 0.261 e. The number of hydrogen-bond acceptors (Lipinski definition) is 5. The highest BCUT2D eigenvalue weighted by Gasteiger charge is 2.22. The van der Waals surface area contributed by atoms with Crippen molar-refractivity contribution in [2.45, 2.75) is 44.3 Å². The minimum atomic E-state index is 0.0333. The number of hydrogen-bond donors (Lipinski definition) is 0. The Morgan fingerprint density at radius 2 is 2.04 bits per heavy atom. The van der Waals surface area contributed by atoms with Gasteiger partial charge >= 0.3 is 0 Å². The standard InChI is InChI=1S/C18H22N2O3S/c1-3-4-5-8-13-16(19-18-20(17(13)21)11-12-24-18)23-15-10-7-6-9-14(15)22-2/h6-7,9-10H,3-5,8,11-12H2,1-2H3. The van der Waals surface area contributed by atoms with Crippen molar-refractivity contribution in [1.82, 2.24) is 9.55 Å². The molecule has 0 fully saturated rings. The fourth-order valence-corrected chi connectivity index (χ4v) is 3.68. The van der Waals surface area contributed by atoms with Crippen LogP contribution in [-0.4, -0.2) is 22.4 Å². The quantitative estimate of drug-likeness (QED) is 0.562. The fourth-order valence-electron chi connectivity index (χ4n) is 2.75. The van der Waals surface area contributed by atoms with Crippen molar-refractivity contribution in [2.75, 3.05) is 12.9 Å². The minimum absolute atomic E-state index is 0.0333. The van der Waals surface area contributed by atoms with Crippen LogP contribution in [0, 0.1) is 0 Å². The van der Waals surface area contributed by atoms with E-state index in [1.54, 1.807) is 23.4 Å². The number of para-hydroxylation sites is 2. The maximum absolute atomic E-state index is 12.8. The number of benzene rings is 1. The summed E-state index contributed by atoms with van der Waals surface area (Å²) in [6, 6.07) is 7.42. The first-order valence-electron chi connectivity index (χ1n) is 8.32. The van der Waals surface area contributed by atoms with Crippen LogP contribution in [0.4, 0.5) is 0 Å². The first kappa shape index (κ1) is 16.9. The van der Waals surface area contributed by atoms with E-state index in [2.05, 4.69) is 11.9 Å². The van der Waals surface area contributed by atoms with Gasteiger partial charge in [-0.2, -0.15) is 4.98 Å². The molecule has 3 rings (SSSR count). The van der Waals surface area contributed by atoms with Crippen molar-refractivity contribution >= 4 is 11.8 Å². The molecule has 1 aliphatic heterocycles. The van der Waals surface area contributed by atoms with Gasteiger partial charge in [-0.15, -0.1) is 0 Å². The number of fused-ring (bicyclic) bond motifs is 1. The Morgan fingerprint density at radius 1 is 1.25 bits per heavy atom. The summed E-state index contributed by atoms with van der Waals surface area (Å²) in [5.74, 6) is 2.51. The molecule has 0 aliphatic carbocycles. The van der Waals surface area contributed by atoms with Crippen LogP contribution in [-0.2, 0) is 13.0 Å². The molecule has 1 aromatic heterocycles. The zero-order valence-corrected chi connectivity index (χ0v) is 14.9. The van der Waals surface area contributed by atoms with Crippen molar-refractivity contribution in [3.05, 3.63) is 40.2 Å². The lowest BCUT2D eigenvalue weighted by Gasteiger charge is -2.14. The fraction of sp³-hybridized carbons (Fsp3) is 0.444. The highest BCUT2D eigenvalue weighted by Crippen LogP contribution is 2.33. The third-order valence-electron chi connectivity index (χ3n) is 4.04. The van der Waals surface area contributed by atoms with Gasteiger partial charge in [-0.1, -0.05) is 43.7 Å². The molecule has 24 heavy (non-hydrogen) atoms. The number of aromatic nitrogens is 2. The van der Waals surface area contributed by atoms with Crippen LogP contribution in [0.3, 0.4) is 0 Å². The van der Waals surface area contributed by atoms with Crippen molar-refractivity contribution < 1.29 is 9.47 Å². The smallest absolute Gasteiger partial charge is 0.261 e. The summed E-state index contributed by atoms with van der Waals surface area (Å²) in [6.45, 7) is 2.87. The van der Waals surface area contributed by atoms with E-state index in [0.717, 1.165) is 36.7 Å². The summed E-state index contributed by atoms with van der Waals surface area (Å²) in [7, 11) is 1.60. The van der Waals surface area contributed by atoms with Crippen LogP contribution < -0.4 is 15.0 Å². The van der Waals surface area contributed by atoms with E-state index in [0.29, 0.717) is 29.4 Å². The molecule has 0 bridgehead atoms. The Kier molecular flexibility index (Phi) is 5.45. The lowest BCUT2D eigenvalue weighted by molar-refractivity contribution is 0.368. The second kappa shape index (κ2) is 7.75. The lowest BCUT2D eigenvalue weighted by atomic mass is 10.1. The number of methoxy groups -OCH3 is 1. The summed E-state index contributed by atoms with van der Waals surface area (Å²) in [5.41, 5.74) is 0.701. The Bertz CT molecular complexity index is 773. The van der Waals surface area contributed by atoms with Crippen LogP contribution >= 0.6 is 11.8 Å². The third-order valence-corrected chi connectivity index (χ3v) is 5.00. The van der Waals surface area contributed by atoms with E-state index in [1.165, 1.54) is 0 Å². The van der Waals surface area contributed by atoms with Gasteiger partial charge in [0.25, 0.3) is 5.56 Å². The third kappa shape index (κ3) is 3.43. The Labute approximate surface area is 146 Å². The Morgan fingerprint density at radius 3 is 2.79 bits per heavy atom. The Hall–Kier alpha value is -1.95. The summed E-state index contributed by atoms with van der Waals surface area (Å²) in [4.78, 5) is 17.4. The molecule has 2 heterocycles. The summed E-state index contributed by atoms with van der Waals surface area (Å²) in [6.07, 6.45) is 3.85. The molecule has 6 heteroatoms. The van der Waals surface area contributed by atoms with Crippen LogP contribution in [0.15, 0.2) is 34.2 Å². The molecule has 5 nitrogen and oxygen atoms in total. The van der Waals surface area contributed by atoms with Gasteiger partial charge in [0.1, 0.15) is 0 Å². The second-order valence-corrected chi connectivity index (χ2v) is 6.76. The number of thioether (sulfide) groups is 1. The largest absolute Gasteiger partial charge is 0.493 e. The maximum atomic E-state index is 12.8. The van der Waals surface area contributed by atoms with Gasteiger partial charge in [-0.3, -0.25) is 9.36 Å². The molecule has 128 valence electrons. The summed E-state index contributed by atoms with van der Waals surface area (Å²) < 4.78 is 13.1. The molecule has 0 radical (unpaired) electrons. The first-order chi connectivity index (χ1) is 11.7. The molecule has 0 unspecified atom stereocenters. The molecule has 0 saturated heterocycles. The van der Waals surface area contributed by atoms with Gasteiger partial charge in [0.05, 0.1) is 12.7 Å². The topological polar surface area (TPSA) is 53.4 Å². The number of unbranched alkanes of at least 4 members (excludes halogenated alkanes) is 2.